The first-order valence-electron chi connectivity index (χ1n) is 8.73. The molecule has 1 aromatic carbocycles. The number of ether oxygens (including phenoxy) is 1. The fourth-order valence-electron chi connectivity index (χ4n) is 2.85. The van der Waals surface area contributed by atoms with E-state index in [4.69, 9.17) is 4.74 Å². The first-order chi connectivity index (χ1) is 12.4. The largest absolute Gasteiger partial charge is 0.442 e. The molecule has 142 valence electrons. The smallest absolute Gasteiger partial charge is 0.414 e. The third-order valence-corrected chi connectivity index (χ3v) is 4.06. The zero-order valence-electron chi connectivity index (χ0n) is 15.3. The predicted octanol–water partition coefficient (Wildman–Crippen LogP) is 2.09. The van der Waals surface area contributed by atoms with Crippen molar-refractivity contribution in [3.05, 3.63) is 24.0 Å². The maximum atomic E-state index is 14.4. The number of nitrogens with one attached hydrogen (secondary N) is 1. The van der Waals surface area contributed by atoms with Gasteiger partial charge < -0.3 is 15.0 Å². The molecule has 2 aliphatic heterocycles. The Labute approximate surface area is 152 Å². The van der Waals surface area contributed by atoms with Gasteiger partial charge in [-0.25, -0.2) is 9.18 Å². The van der Waals surface area contributed by atoms with Crippen molar-refractivity contribution in [1.82, 2.24) is 5.32 Å². The van der Waals surface area contributed by atoms with E-state index in [-0.39, 0.29) is 31.3 Å². The van der Waals surface area contributed by atoms with E-state index in [0.717, 1.165) is 0 Å². The van der Waals surface area contributed by atoms with Gasteiger partial charge in [-0.3, -0.25) is 14.5 Å². The number of ketones is 1. The molecule has 0 aromatic heterocycles. The second-order valence-corrected chi connectivity index (χ2v) is 5.90. The number of benzene rings is 1. The summed E-state index contributed by atoms with van der Waals surface area (Å²) in [6.45, 7) is 6.54. The molecule has 2 heterocycles. The van der Waals surface area contributed by atoms with Crippen LogP contribution in [0.1, 0.15) is 27.2 Å². The number of hydrogen-bond acceptors (Lipinski definition) is 5. The third-order valence-electron chi connectivity index (χ3n) is 4.06. The highest BCUT2D eigenvalue weighted by Crippen LogP contribution is 2.29. The van der Waals surface area contributed by atoms with E-state index in [1.165, 1.54) is 17.9 Å². The van der Waals surface area contributed by atoms with E-state index in [1.807, 2.05) is 13.8 Å². The van der Waals surface area contributed by atoms with Crippen LogP contribution in [0, 0.1) is 5.82 Å². The van der Waals surface area contributed by atoms with Crippen molar-refractivity contribution in [3.63, 3.8) is 0 Å². The van der Waals surface area contributed by atoms with Gasteiger partial charge in [-0.05, 0) is 18.2 Å². The lowest BCUT2D eigenvalue weighted by atomic mass is 10.2. The molecule has 2 aliphatic rings. The number of rotatable bonds is 4. The molecule has 2 saturated heterocycles. The van der Waals surface area contributed by atoms with Crippen LogP contribution in [0.3, 0.4) is 0 Å². The van der Waals surface area contributed by atoms with Gasteiger partial charge in [0.2, 0.25) is 5.91 Å². The highest BCUT2D eigenvalue weighted by molar-refractivity contribution is 5.91. The number of hydrogen-bond donors (Lipinski definition) is 1. The Bertz CT molecular complexity index is 695. The van der Waals surface area contributed by atoms with E-state index in [1.54, 1.807) is 17.0 Å². The summed E-state index contributed by atoms with van der Waals surface area (Å²) in [5.74, 6) is -0.609. The summed E-state index contributed by atoms with van der Waals surface area (Å²) in [6, 6.07) is 4.46. The van der Waals surface area contributed by atoms with Gasteiger partial charge in [0.25, 0.3) is 0 Å². The van der Waals surface area contributed by atoms with Crippen LogP contribution in [0.5, 0.6) is 0 Å². The molecule has 1 N–H and O–H groups in total. The molecular formula is C18H24FN3O4. The number of amides is 2. The van der Waals surface area contributed by atoms with Crippen LogP contribution in [0.4, 0.5) is 20.6 Å². The molecule has 0 bridgehead atoms. The third kappa shape index (κ3) is 4.50. The van der Waals surface area contributed by atoms with Gasteiger partial charge in [0.15, 0.2) is 5.78 Å². The van der Waals surface area contributed by atoms with Crippen molar-refractivity contribution in [2.45, 2.75) is 33.3 Å². The molecule has 8 heteroatoms. The molecule has 2 amide bonds. The summed E-state index contributed by atoms with van der Waals surface area (Å²) >= 11 is 0. The average Bonchev–Trinajstić information content (AvgIpc) is 3.20. The molecule has 1 atom stereocenters. The Balaban J connectivity index is 0.00000117. The summed E-state index contributed by atoms with van der Waals surface area (Å²) in [6.07, 6.45) is -0.626. The van der Waals surface area contributed by atoms with Gasteiger partial charge in [-0.15, -0.1) is 0 Å². The molecule has 0 radical (unpaired) electrons. The van der Waals surface area contributed by atoms with Crippen LogP contribution in [0.25, 0.3) is 0 Å². The van der Waals surface area contributed by atoms with Gasteiger partial charge in [-0.1, -0.05) is 13.8 Å². The molecular weight excluding hydrogens is 341 g/mol. The minimum atomic E-state index is -0.575. The number of carbonyl (C=O) groups excluding carboxylic acids is 3. The van der Waals surface area contributed by atoms with Gasteiger partial charge >= 0.3 is 6.09 Å². The molecule has 2 fully saturated rings. The van der Waals surface area contributed by atoms with E-state index in [2.05, 4.69) is 5.32 Å². The summed E-state index contributed by atoms with van der Waals surface area (Å²) < 4.78 is 19.5. The quantitative estimate of drug-likeness (QED) is 0.884. The molecule has 1 aromatic rings. The van der Waals surface area contributed by atoms with Crippen LogP contribution in [-0.4, -0.2) is 50.1 Å². The Morgan fingerprint density at radius 1 is 1.35 bits per heavy atom. The summed E-state index contributed by atoms with van der Waals surface area (Å²) in [4.78, 5) is 37.2. The lowest BCUT2D eigenvalue weighted by Crippen LogP contribution is -2.33. The van der Waals surface area contributed by atoms with Gasteiger partial charge in [-0.2, -0.15) is 0 Å². The summed E-state index contributed by atoms with van der Waals surface area (Å²) in [7, 11) is 0. The lowest BCUT2D eigenvalue weighted by molar-refractivity contribution is -0.119. The normalized spacial score (nSPS) is 19.2. The zero-order chi connectivity index (χ0) is 19.3. The van der Waals surface area contributed by atoms with Gasteiger partial charge in [0, 0.05) is 19.9 Å². The Morgan fingerprint density at radius 2 is 2.08 bits per heavy atom. The first-order valence-corrected chi connectivity index (χ1v) is 8.73. The second-order valence-electron chi connectivity index (χ2n) is 5.90. The highest BCUT2D eigenvalue weighted by atomic mass is 19.1. The maximum absolute atomic E-state index is 14.4. The predicted molar refractivity (Wildman–Crippen MR) is 95.9 cm³/mol. The van der Waals surface area contributed by atoms with Crippen LogP contribution >= 0.6 is 0 Å². The van der Waals surface area contributed by atoms with Crippen LogP contribution in [0.2, 0.25) is 0 Å². The van der Waals surface area contributed by atoms with E-state index in [9.17, 15) is 18.8 Å². The fraction of sp³-hybridized carbons (Fsp3) is 0.500. The summed E-state index contributed by atoms with van der Waals surface area (Å²) in [5.41, 5.74) is 0.740. The fourth-order valence-corrected chi connectivity index (χ4v) is 2.85. The number of nitrogens with zero attached hydrogens (tertiary/aromatic N) is 2. The monoisotopic (exact) mass is 365 g/mol. The van der Waals surface area contributed by atoms with Crippen molar-refractivity contribution >= 4 is 29.2 Å². The Kier molecular flexibility index (Phi) is 6.54. The van der Waals surface area contributed by atoms with Crippen LogP contribution < -0.4 is 15.1 Å². The minimum absolute atomic E-state index is 0.0856. The minimum Gasteiger partial charge on any atom is -0.442 e. The number of Topliss-reactive ketones (excluding diaryl/α,β-unsaturated/α-hetero) is 1. The zero-order valence-corrected chi connectivity index (χ0v) is 15.3. The van der Waals surface area contributed by atoms with Crippen molar-refractivity contribution in [2.75, 3.05) is 36.0 Å². The molecule has 0 aliphatic carbocycles. The highest BCUT2D eigenvalue weighted by Gasteiger charge is 2.33. The van der Waals surface area contributed by atoms with Crippen molar-refractivity contribution in [2.24, 2.45) is 0 Å². The van der Waals surface area contributed by atoms with E-state index in [0.29, 0.717) is 24.3 Å². The molecule has 0 saturated carbocycles. The van der Waals surface area contributed by atoms with E-state index >= 15 is 0 Å². The van der Waals surface area contributed by atoms with Crippen LogP contribution in [0.15, 0.2) is 18.2 Å². The Hall–Kier alpha value is -2.64. The van der Waals surface area contributed by atoms with Crippen molar-refractivity contribution in [1.29, 1.82) is 0 Å². The molecule has 26 heavy (non-hydrogen) atoms. The Morgan fingerprint density at radius 3 is 2.65 bits per heavy atom. The van der Waals surface area contributed by atoms with Gasteiger partial charge in [0.05, 0.1) is 31.0 Å². The van der Waals surface area contributed by atoms with Crippen LogP contribution in [-0.2, 0) is 14.3 Å². The number of carbonyl (C=O) groups is 3. The molecule has 3 rings (SSSR count). The SMILES string of the molecule is CC.CC(=O)NCC1CN(c2ccc(N3CCC(=O)C3)c(F)c2)C(=O)O1. The lowest BCUT2D eigenvalue weighted by Gasteiger charge is -2.19. The van der Waals surface area contributed by atoms with E-state index < -0.39 is 18.0 Å². The van der Waals surface area contributed by atoms with Crippen molar-refractivity contribution < 1.29 is 23.5 Å². The molecule has 0 spiro atoms. The van der Waals surface area contributed by atoms with Crippen molar-refractivity contribution in [3.8, 4) is 0 Å². The maximum Gasteiger partial charge on any atom is 0.414 e. The topological polar surface area (TPSA) is 79.0 Å². The number of cyclic esters (lactones) is 1. The molecule has 1 unspecified atom stereocenters. The molecule has 7 nitrogen and oxygen atoms in total. The standard InChI is InChI=1S/C16H18FN3O4.C2H6/c1-10(21)18-7-13-9-20(16(23)24-13)11-2-3-15(14(17)6-11)19-5-4-12(22)8-19;1-2/h2-3,6,13H,4-5,7-9H2,1H3,(H,18,21);1-2H3. The number of halogens is 1. The second kappa shape index (κ2) is 8.64. The number of anilines is 2. The van der Waals surface area contributed by atoms with Gasteiger partial charge in [0.1, 0.15) is 11.9 Å². The average molecular weight is 365 g/mol. The summed E-state index contributed by atoms with van der Waals surface area (Å²) in [5, 5.41) is 2.59. The first kappa shape index (κ1) is 19.7.